The average molecular weight is 101 g/mol. The first-order valence-electron chi connectivity index (χ1n) is 2.29. The van der Waals surface area contributed by atoms with Gasteiger partial charge >= 0.3 is 0 Å². The quantitative estimate of drug-likeness (QED) is 0.503. The molecule has 0 N–H and O–H groups in total. The molecule has 1 radical (unpaired) electrons. The minimum absolute atomic E-state index is 0.0856. The number of ketones is 1. The minimum Gasteiger partial charge on any atom is -0.297 e. The van der Waals surface area contributed by atoms with Gasteiger partial charge in [-0.05, 0) is 0 Å². The second-order valence-electron chi connectivity index (χ2n) is 1.77. The SMILES string of the molecule is CC(C)C(=O)C[O]. The molecule has 0 atom stereocenters. The topological polar surface area (TPSA) is 37.0 Å². The van der Waals surface area contributed by atoms with E-state index >= 15 is 0 Å². The van der Waals surface area contributed by atoms with Crippen molar-refractivity contribution in [3.63, 3.8) is 0 Å². The van der Waals surface area contributed by atoms with Crippen LogP contribution in [0, 0.1) is 5.92 Å². The number of hydrogen-bond donors (Lipinski definition) is 0. The molecule has 2 heteroatoms. The maximum atomic E-state index is 10.2. The van der Waals surface area contributed by atoms with E-state index in [0.29, 0.717) is 0 Å². The third-order valence-corrected chi connectivity index (χ3v) is 0.786. The van der Waals surface area contributed by atoms with Crippen LogP contribution < -0.4 is 0 Å². The highest BCUT2D eigenvalue weighted by molar-refractivity contribution is 5.81. The van der Waals surface area contributed by atoms with Crippen molar-refractivity contribution < 1.29 is 9.90 Å². The molecule has 0 rings (SSSR count). The molecule has 0 aliphatic heterocycles. The molecule has 0 aliphatic rings. The van der Waals surface area contributed by atoms with Gasteiger partial charge in [0, 0.05) is 5.92 Å². The van der Waals surface area contributed by atoms with E-state index in [-0.39, 0.29) is 11.7 Å². The molecule has 2 nitrogen and oxygen atoms in total. The van der Waals surface area contributed by atoms with Crippen LogP contribution in [0.2, 0.25) is 0 Å². The van der Waals surface area contributed by atoms with Crippen LogP contribution in [0.25, 0.3) is 0 Å². The molecule has 0 fully saturated rings. The van der Waals surface area contributed by atoms with Crippen molar-refractivity contribution in [3.8, 4) is 0 Å². The average Bonchev–Trinajstić information content (AvgIpc) is 1.65. The van der Waals surface area contributed by atoms with Gasteiger partial charge in [-0.2, -0.15) is 0 Å². The van der Waals surface area contributed by atoms with Gasteiger partial charge in [0.1, 0.15) is 6.61 Å². The van der Waals surface area contributed by atoms with Gasteiger partial charge in [-0.1, -0.05) is 13.8 Å². The molecule has 0 aromatic rings. The van der Waals surface area contributed by atoms with Crippen molar-refractivity contribution in [2.75, 3.05) is 6.61 Å². The second kappa shape index (κ2) is 2.75. The number of Topliss-reactive ketones (excluding diaryl/α,β-unsaturated/α-hetero) is 1. The Morgan fingerprint density at radius 2 is 2.00 bits per heavy atom. The normalized spacial score (nSPS) is 9.71. The maximum Gasteiger partial charge on any atom is 0.164 e. The Balaban J connectivity index is 3.35. The van der Waals surface area contributed by atoms with E-state index in [1.54, 1.807) is 13.8 Å². The van der Waals surface area contributed by atoms with Gasteiger partial charge in [0.15, 0.2) is 5.78 Å². The van der Waals surface area contributed by atoms with Crippen LogP contribution in [-0.2, 0) is 9.90 Å². The number of hydrogen-bond acceptors (Lipinski definition) is 1. The largest absolute Gasteiger partial charge is 0.297 e. The van der Waals surface area contributed by atoms with Gasteiger partial charge in [0.2, 0.25) is 0 Å². The van der Waals surface area contributed by atoms with E-state index in [1.165, 1.54) is 0 Å². The monoisotopic (exact) mass is 101 g/mol. The summed E-state index contributed by atoms with van der Waals surface area (Å²) in [6.45, 7) is 2.87. The van der Waals surface area contributed by atoms with E-state index in [4.69, 9.17) is 0 Å². The van der Waals surface area contributed by atoms with Gasteiger partial charge < -0.3 is 0 Å². The summed E-state index contributed by atoms with van der Waals surface area (Å²) in [6, 6.07) is 0. The van der Waals surface area contributed by atoms with Crippen LogP contribution >= 0.6 is 0 Å². The van der Waals surface area contributed by atoms with E-state index in [0.717, 1.165) is 0 Å². The summed E-state index contributed by atoms with van der Waals surface area (Å²) in [5.41, 5.74) is 0. The van der Waals surface area contributed by atoms with Crippen LogP contribution in [0.3, 0.4) is 0 Å². The van der Waals surface area contributed by atoms with E-state index < -0.39 is 6.61 Å². The molecule has 0 amide bonds. The summed E-state index contributed by atoms with van der Waals surface area (Å²) in [5.74, 6) is -0.294. The summed E-state index contributed by atoms with van der Waals surface area (Å²) in [5, 5.41) is 9.72. The second-order valence-corrected chi connectivity index (χ2v) is 1.77. The summed E-state index contributed by atoms with van der Waals surface area (Å²) in [7, 11) is 0. The zero-order valence-electron chi connectivity index (χ0n) is 4.60. The standard InChI is InChI=1S/C5H9O2/c1-4(2)5(7)3-6/h4H,3H2,1-2H3. The molecule has 41 valence electrons. The third-order valence-electron chi connectivity index (χ3n) is 0.786. The highest BCUT2D eigenvalue weighted by Gasteiger charge is 2.03. The molecule has 0 bridgehead atoms. The lowest BCUT2D eigenvalue weighted by Crippen LogP contribution is -2.09. The maximum absolute atomic E-state index is 10.2. The van der Waals surface area contributed by atoms with Crippen molar-refractivity contribution in [1.29, 1.82) is 0 Å². The molecule has 0 aromatic carbocycles. The molecule has 0 unspecified atom stereocenters. The number of carbonyl (C=O) groups is 1. The van der Waals surface area contributed by atoms with Gasteiger partial charge in [-0.15, -0.1) is 0 Å². The Morgan fingerprint density at radius 1 is 1.57 bits per heavy atom. The molecule has 0 aliphatic carbocycles. The lowest BCUT2D eigenvalue weighted by atomic mass is 10.1. The predicted molar refractivity (Wildman–Crippen MR) is 25.4 cm³/mol. The van der Waals surface area contributed by atoms with Crippen LogP contribution in [0.15, 0.2) is 0 Å². The van der Waals surface area contributed by atoms with Gasteiger partial charge in [0.05, 0.1) is 0 Å². The molecular formula is C5H9O2. The minimum atomic E-state index is -0.572. The summed E-state index contributed by atoms with van der Waals surface area (Å²) >= 11 is 0. The Morgan fingerprint density at radius 3 is 2.00 bits per heavy atom. The number of carbonyl (C=O) groups excluding carboxylic acids is 1. The Bertz CT molecular complexity index is 66.5. The van der Waals surface area contributed by atoms with Gasteiger partial charge in [-0.25, -0.2) is 5.11 Å². The Hall–Kier alpha value is -0.370. The van der Waals surface area contributed by atoms with Crippen molar-refractivity contribution in [2.24, 2.45) is 5.92 Å². The fraction of sp³-hybridized carbons (Fsp3) is 0.800. The van der Waals surface area contributed by atoms with Crippen LogP contribution in [0.5, 0.6) is 0 Å². The predicted octanol–water partition coefficient (Wildman–Crippen LogP) is 0.642. The Labute approximate surface area is 43.2 Å². The van der Waals surface area contributed by atoms with Gasteiger partial charge in [-0.3, -0.25) is 4.79 Å². The summed E-state index contributed by atoms with van der Waals surface area (Å²) in [4.78, 5) is 10.2. The first kappa shape index (κ1) is 6.63. The van der Waals surface area contributed by atoms with Crippen LogP contribution in [0.4, 0.5) is 0 Å². The molecule has 0 spiro atoms. The smallest absolute Gasteiger partial charge is 0.164 e. The zero-order valence-corrected chi connectivity index (χ0v) is 4.60. The fourth-order valence-electron chi connectivity index (χ4n) is 0.167. The van der Waals surface area contributed by atoms with Crippen LogP contribution in [0.1, 0.15) is 13.8 Å². The highest BCUT2D eigenvalue weighted by Crippen LogP contribution is 1.90. The van der Waals surface area contributed by atoms with E-state index in [1.807, 2.05) is 0 Å². The molecule has 0 saturated heterocycles. The summed E-state index contributed by atoms with van der Waals surface area (Å²) in [6.07, 6.45) is 0. The highest BCUT2D eigenvalue weighted by atomic mass is 16.3. The molecule has 7 heavy (non-hydrogen) atoms. The number of rotatable bonds is 2. The molecular weight excluding hydrogens is 92.1 g/mol. The third kappa shape index (κ3) is 2.34. The summed E-state index contributed by atoms with van der Waals surface area (Å²) < 4.78 is 0. The Kier molecular flexibility index (Phi) is 2.60. The lowest BCUT2D eigenvalue weighted by Gasteiger charge is -1.94. The molecule has 0 heterocycles. The van der Waals surface area contributed by atoms with Crippen molar-refractivity contribution in [3.05, 3.63) is 0 Å². The molecule has 0 aromatic heterocycles. The van der Waals surface area contributed by atoms with Crippen molar-refractivity contribution in [1.82, 2.24) is 0 Å². The fourth-order valence-corrected chi connectivity index (χ4v) is 0.167. The zero-order chi connectivity index (χ0) is 5.86. The van der Waals surface area contributed by atoms with Gasteiger partial charge in [0.25, 0.3) is 0 Å². The van der Waals surface area contributed by atoms with E-state index in [9.17, 15) is 9.90 Å². The van der Waals surface area contributed by atoms with E-state index in [2.05, 4.69) is 0 Å². The van der Waals surface area contributed by atoms with Crippen molar-refractivity contribution in [2.45, 2.75) is 13.8 Å². The first-order chi connectivity index (χ1) is 3.18. The van der Waals surface area contributed by atoms with Crippen molar-refractivity contribution >= 4 is 5.78 Å². The molecule has 0 saturated carbocycles. The first-order valence-corrected chi connectivity index (χ1v) is 2.29. The lowest BCUT2D eigenvalue weighted by molar-refractivity contribution is -0.126. The van der Waals surface area contributed by atoms with Crippen LogP contribution in [-0.4, -0.2) is 12.4 Å².